The lowest BCUT2D eigenvalue weighted by atomic mass is 10.2. The van der Waals surface area contributed by atoms with E-state index < -0.39 is 0 Å². The molecule has 3 aromatic rings. The van der Waals surface area contributed by atoms with Crippen molar-refractivity contribution < 1.29 is 9.53 Å². The Bertz CT molecular complexity index is 966. The van der Waals surface area contributed by atoms with Gasteiger partial charge in [0.05, 0.1) is 12.8 Å². The largest absolute Gasteiger partial charge is 0.481 e. The quantitative estimate of drug-likeness (QED) is 0.727. The Balaban J connectivity index is 1.42. The van der Waals surface area contributed by atoms with E-state index in [9.17, 15) is 4.79 Å². The van der Waals surface area contributed by atoms with Gasteiger partial charge in [0, 0.05) is 49.4 Å². The van der Waals surface area contributed by atoms with Gasteiger partial charge in [-0.15, -0.1) is 0 Å². The molecule has 1 saturated heterocycles. The summed E-state index contributed by atoms with van der Waals surface area (Å²) in [6.45, 7) is 1.42. The molecule has 4 rings (SSSR count). The summed E-state index contributed by atoms with van der Waals surface area (Å²) in [6.07, 6.45) is 6.07. The summed E-state index contributed by atoms with van der Waals surface area (Å²) < 4.78 is 5.08. The molecular weight excluding hydrogens is 356 g/mol. The van der Waals surface area contributed by atoms with Gasteiger partial charge in [-0.05, 0) is 30.7 Å². The van der Waals surface area contributed by atoms with Gasteiger partial charge in [0.15, 0.2) is 0 Å². The van der Waals surface area contributed by atoms with Gasteiger partial charge in [-0.3, -0.25) is 9.78 Å². The van der Waals surface area contributed by atoms with Crippen molar-refractivity contribution in [2.75, 3.05) is 25.1 Å². The lowest BCUT2D eigenvalue weighted by molar-refractivity contribution is 0.0934. The standard InChI is InChI=1S/C20H20N6O2/c1-28-18-6-2-5-17(24-18)19(27)23-15-8-11-26(13-15)20-22-10-7-16(25-20)14-4-3-9-21-12-14/h2-7,9-10,12,15H,8,11,13H2,1H3,(H,23,27). The molecule has 0 aromatic carbocycles. The number of nitrogens with one attached hydrogen (secondary N) is 1. The highest BCUT2D eigenvalue weighted by molar-refractivity contribution is 5.92. The molecule has 1 atom stereocenters. The molecule has 0 bridgehead atoms. The second-order valence-electron chi connectivity index (χ2n) is 6.45. The van der Waals surface area contributed by atoms with Gasteiger partial charge in [-0.1, -0.05) is 6.07 Å². The fourth-order valence-corrected chi connectivity index (χ4v) is 3.15. The number of amides is 1. The van der Waals surface area contributed by atoms with Crippen LogP contribution in [0.25, 0.3) is 11.3 Å². The van der Waals surface area contributed by atoms with Crippen LogP contribution in [0.5, 0.6) is 5.88 Å². The maximum absolute atomic E-state index is 12.5. The van der Waals surface area contributed by atoms with E-state index in [1.165, 1.54) is 7.11 Å². The first-order valence-corrected chi connectivity index (χ1v) is 9.03. The first-order valence-electron chi connectivity index (χ1n) is 9.03. The molecule has 1 unspecified atom stereocenters. The van der Waals surface area contributed by atoms with Crippen LogP contribution >= 0.6 is 0 Å². The van der Waals surface area contributed by atoms with Crippen LogP contribution in [0, 0.1) is 0 Å². The molecule has 4 heterocycles. The van der Waals surface area contributed by atoms with Crippen molar-refractivity contribution in [1.29, 1.82) is 0 Å². The van der Waals surface area contributed by atoms with Crippen molar-refractivity contribution in [2.24, 2.45) is 0 Å². The minimum Gasteiger partial charge on any atom is -0.481 e. The fourth-order valence-electron chi connectivity index (χ4n) is 3.15. The number of pyridine rings is 2. The topological polar surface area (TPSA) is 93.1 Å². The third-order valence-electron chi connectivity index (χ3n) is 4.57. The summed E-state index contributed by atoms with van der Waals surface area (Å²) >= 11 is 0. The lowest BCUT2D eigenvalue weighted by Gasteiger charge is -2.17. The van der Waals surface area contributed by atoms with E-state index in [1.54, 1.807) is 36.8 Å². The first kappa shape index (κ1) is 17.8. The molecule has 0 radical (unpaired) electrons. The molecule has 8 nitrogen and oxygen atoms in total. The Morgan fingerprint density at radius 1 is 1.18 bits per heavy atom. The third-order valence-corrected chi connectivity index (χ3v) is 4.57. The number of hydrogen-bond donors (Lipinski definition) is 1. The van der Waals surface area contributed by atoms with E-state index in [2.05, 4.69) is 30.2 Å². The molecular formula is C20H20N6O2. The zero-order valence-electron chi connectivity index (χ0n) is 15.4. The van der Waals surface area contributed by atoms with Crippen LogP contribution in [-0.4, -0.2) is 52.1 Å². The van der Waals surface area contributed by atoms with Crippen molar-refractivity contribution in [3.63, 3.8) is 0 Å². The number of rotatable bonds is 5. The number of ether oxygens (including phenoxy) is 1. The van der Waals surface area contributed by atoms with Gasteiger partial charge < -0.3 is 15.0 Å². The monoisotopic (exact) mass is 376 g/mol. The third kappa shape index (κ3) is 3.90. The Morgan fingerprint density at radius 2 is 2.11 bits per heavy atom. The lowest BCUT2D eigenvalue weighted by Crippen LogP contribution is -2.37. The highest BCUT2D eigenvalue weighted by Gasteiger charge is 2.26. The number of nitrogens with zero attached hydrogens (tertiary/aromatic N) is 5. The van der Waals surface area contributed by atoms with E-state index in [0.717, 1.165) is 24.2 Å². The summed E-state index contributed by atoms with van der Waals surface area (Å²) in [7, 11) is 1.53. The van der Waals surface area contributed by atoms with Crippen LogP contribution in [0.15, 0.2) is 55.0 Å². The Morgan fingerprint density at radius 3 is 2.93 bits per heavy atom. The van der Waals surface area contributed by atoms with Crippen molar-refractivity contribution in [3.05, 3.63) is 60.7 Å². The molecule has 28 heavy (non-hydrogen) atoms. The normalized spacial score (nSPS) is 16.0. The summed E-state index contributed by atoms with van der Waals surface area (Å²) in [6, 6.07) is 10.8. The van der Waals surface area contributed by atoms with Crippen LogP contribution in [0.1, 0.15) is 16.9 Å². The number of carbonyl (C=O) groups excluding carboxylic acids is 1. The number of aromatic nitrogens is 4. The van der Waals surface area contributed by atoms with Crippen LogP contribution in [-0.2, 0) is 0 Å². The van der Waals surface area contributed by atoms with Gasteiger partial charge in [0.2, 0.25) is 11.8 Å². The van der Waals surface area contributed by atoms with Crippen molar-refractivity contribution in [1.82, 2.24) is 25.3 Å². The molecule has 1 aliphatic rings. The number of hydrogen-bond acceptors (Lipinski definition) is 7. The summed E-state index contributed by atoms with van der Waals surface area (Å²) in [4.78, 5) is 31.9. The van der Waals surface area contributed by atoms with Gasteiger partial charge in [-0.2, -0.15) is 0 Å². The minimum atomic E-state index is -0.212. The predicted octanol–water partition coefficient (Wildman–Crippen LogP) is 1.95. The van der Waals surface area contributed by atoms with Gasteiger partial charge in [0.25, 0.3) is 5.91 Å². The molecule has 0 spiro atoms. The van der Waals surface area contributed by atoms with E-state index >= 15 is 0 Å². The first-order chi connectivity index (χ1) is 13.7. The minimum absolute atomic E-state index is 0.00569. The number of anilines is 1. The molecule has 142 valence electrons. The average molecular weight is 376 g/mol. The molecule has 1 fully saturated rings. The molecule has 1 N–H and O–H groups in total. The average Bonchev–Trinajstić information content (AvgIpc) is 3.23. The van der Waals surface area contributed by atoms with E-state index in [0.29, 0.717) is 24.1 Å². The zero-order valence-corrected chi connectivity index (χ0v) is 15.4. The maximum atomic E-state index is 12.5. The summed E-state index contributed by atoms with van der Waals surface area (Å²) in [5.41, 5.74) is 2.11. The molecule has 0 saturated carbocycles. The number of carbonyl (C=O) groups is 1. The summed E-state index contributed by atoms with van der Waals surface area (Å²) in [5.74, 6) is 0.856. The Labute approximate surface area is 162 Å². The van der Waals surface area contributed by atoms with E-state index in [-0.39, 0.29) is 11.9 Å². The van der Waals surface area contributed by atoms with Crippen molar-refractivity contribution >= 4 is 11.9 Å². The molecule has 0 aliphatic carbocycles. The SMILES string of the molecule is COc1cccc(C(=O)NC2CCN(c3nccc(-c4cccnc4)n3)C2)n1. The van der Waals surface area contributed by atoms with E-state index in [1.807, 2.05) is 18.2 Å². The molecule has 1 amide bonds. The zero-order chi connectivity index (χ0) is 19.3. The smallest absolute Gasteiger partial charge is 0.270 e. The van der Waals surface area contributed by atoms with Gasteiger partial charge in [0.1, 0.15) is 5.69 Å². The van der Waals surface area contributed by atoms with Crippen LogP contribution < -0.4 is 15.0 Å². The number of methoxy groups -OCH3 is 1. The highest BCUT2D eigenvalue weighted by Crippen LogP contribution is 2.21. The second kappa shape index (κ2) is 7.99. The Hall–Kier alpha value is -3.55. The molecule has 3 aromatic heterocycles. The van der Waals surface area contributed by atoms with Crippen LogP contribution in [0.4, 0.5) is 5.95 Å². The fraction of sp³-hybridized carbons (Fsp3) is 0.250. The maximum Gasteiger partial charge on any atom is 0.270 e. The Kier molecular flexibility index (Phi) is 5.09. The predicted molar refractivity (Wildman–Crippen MR) is 104 cm³/mol. The molecule has 1 aliphatic heterocycles. The summed E-state index contributed by atoms with van der Waals surface area (Å²) in [5, 5.41) is 3.03. The highest BCUT2D eigenvalue weighted by atomic mass is 16.5. The van der Waals surface area contributed by atoms with Gasteiger partial charge >= 0.3 is 0 Å². The van der Waals surface area contributed by atoms with Crippen molar-refractivity contribution in [3.8, 4) is 17.1 Å². The van der Waals surface area contributed by atoms with Crippen molar-refractivity contribution in [2.45, 2.75) is 12.5 Å². The van der Waals surface area contributed by atoms with Crippen LogP contribution in [0.2, 0.25) is 0 Å². The van der Waals surface area contributed by atoms with Crippen LogP contribution in [0.3, 0.4) is 0 Å². The van der Waals surface area contributed by atoms with Gasteiger partial charge in [-0.25, -0.2) is 15.0 Å². The van der Waals surface area contributed by atoms with E-state index in [4.69, 9.17) is 4.74 Å². The second-order valence-corrected chi connectivity index (χ2v) is 6.45. The molecule has 8 heteroatoms.